The molecule has 66 valence electrons. The Bertz CT molecular complexity index is 128. The van der Waals surface area contributed by atoms with E-state index in [2.05, 4.69) is 0 Å². The van der Waals surface area contributed by atoms with Crippen molar-refractivity contribution in [1.29, 1.82) is 0 Å². The summed E-state index contributed by atoms with van der Waals surface area (Å²) in [5.41, 5.74) is 0. The molecule has 0 heterocycles. The van der Waals surface area contributed by atoms with E-state index < -0.39 is 24.5 Å². The number of rotatable bonds is 4. The van der Waals surface area contributed by atoms with Crippen LogP contribution >= 0.6 is 0 Å². The van der Waals surface area contributed by atoms with Crippen LogP contribution in [0.5, 0.6) is 0 Å². The number of aliphatic hydroxyl groups excluding tert-OH is 3. The lowest BCUT2D eigenvalue weighted by Crippen LogP contribution is -2.42. The molecule has 0 aliphatic carbocycles. The third kappa shape index (κ3) is 2.92. The number of alkyl halides is 1. The molecule has 0 aromatic rings. The van der Waals surface area contributed by atoms with E-state index in [1.165, 1.54) is 6.92 Å². The third-order valence-electron chi connectivity index (χ3n) is 1.30. The van der Waals surface area contributed by atoms with Crippen LogP contribution in [0, 0.1) is 0 Å². The molecule has 4 atom stereocenters. The molecule has 0 amide bonds. The average Bonchev–Trinajstić information content (AvgIpc) is 2.00. The van der Waals surface area contributed by atoms with Gasteiger partial charge in [-0.1, -0.05) is 0 Å². The molecule has 11 heavy (non-hydrogen) atoms. The van der Waals surface area contributed by atoms with E-state index in [1.54, 1.807) is 0 Å². The van der Waals surface area contributed by atoms with E-state index in [4.69, 9.17) is 15.3 Å². The van der Waals surface area contributed by atoms with Gasteiger partial charge in [0.05, 0.1) is 6.10 Å². The van der Waals surface area contributed by atoms with E-state index in [1.807, 2.05) is 0 Å². The van der Waals surface area contributed by atoms with Gasteiger partial charge < -0.3 is 20.1 Å². The Balaban J connectivity index is 4.00. The second kappa shape index (κ2) is 4.38. The first-order valence-corrected chi connectivity index (χ1v) is 3.14. The van der Waals surface area contributed by atoms with Gasteiger partial charge in [0.15, 0.2) is 12.5 Å². The summed E-state index contributed by atoms with van der Waals surface area (Å²) in [5, 5.41) is 26.2. The molecule has 5 heteroatoms. The van der Waals surface area contributed by atoms with Crippen molar-refractivity contribution in [3.8, 4) is 0 Å². The molecule has 3 N–H and O–H groups in total. The zero-order valence-electron chi connectivity index (χ0n) is 6.01. The van der Waals surface area contributed by atoms with Crippen LogP contribution in [0.25, 0.3) is 0 Å². The van der Waals surface area contributed by atoms with Gasteiger partial charge in [-0.25, -0.2) is 4.39 Å². The van der Waals surface area contributed by atoms with Crippen molar-refractivity contribution in [1.82, 2.24) is 0 Å². The van der Waals surface area contributed by atoms with Crippen LogP contribution < -0.4 is 0 Å². The van der Waals surface area contributed by atoms with Crippen LogP contribution in [0.2, 0.25) is 0 Å². The minimum Gasteiger partial charge on any atom is -0.391 e. The van der Waals surface area contributed by atoms with Crippen molar-refractivity contribution in [2.24, 2.45) is 0 Å². The summed E-state index contributed by atoms with van der Waals surface area (Å²) in [6, 6.07) is 0. The highest BCUT2D eigenvalue weighted by molar-refractivity contribution is 5.56. The van der Waals surface area contributed by atoms with E-state index in [0.29, 0.717) is 0 Å². The van der Waals surface area contributed by atoms with Gasteiger partial charge in [-0.3, -0.25) is 0 Å². The van der Waals surface area contributed by atoms with Gasteiger partial charge in [-0.05, 0) is 6.92 Å². The van der Waals surface area contributed by atoms with Gasteiger partial charge in [0.1, 0.15) is 12.2 Å². The molecule has 1 unspecified atom stereocenters. The fourth-order valence-electron chi connectivity index (χ4n) is 0.554. The molecule has 0 bridgehead atoms. The quantitative estimate of drug-likeness (QED) is 0.450. The molecule has 0 aliphatic heterocycles. The topological polar surface area (TPSA) is 77.8 Å². The number of aliphatic hydroxyl groups is 3. The molecule has 0 saturated carbocycles. The van der Waals surface area contributed by atoms with Gasteiger partial charge in [0.2, 0.25) is 0 Å². The van der Waals surface area contributed by atoms with Gasteiger partial charge >= 0.3 is 0 Å². The molecule has 0 radical (unpaired) electrons. The number of carbonyl (C=O) groups excluding carboxylic acids is 1. The van der Waals surface area contributed by atoms with Crippen molar-refractivity contribution >= 4 is 6.29 Å². The fraction of sp³-hybridized carbons (Fsp3) is 0.833. The summed E-state index contributed by atoms with van der Waals surface area (Å²) in [5.74, 6) is 0. The Morgan fingerprint density at radius 1 is 1.27 bits per heavy atom. The van der Waals surface area contributed by atoms with Gasteiger partial charge in [-0.15, -0.1) is 0 Å². The third-order valence-corrected chi connectivity index (χ3v) is 1.30. The maximum Gasteiger partial charge on any atom is 0.183 e. The van der Waals surface area contributed by atoms with E-state index in [0.717, 1.165) is 0 Å². The minimum absolute atomic E-state index is 0.129. The van der Waals surface area contributed by atoms with Crippen LogP contribution in [-0.2, 0) is 4.79 Å². The highest BCUT2D eigenvalue weighted by Crippen LogP contribution is 2.05. The Kier molecular flexibility index (Phi) is 4.17. The minimum atomic E-state index is -2.15. The normalized spacial score (nSPS) is 21.9. The van der Waals surface area contributed by atoms with Crippen molar-refractivity contribution in [3.05, 3.63) is 0 Å². The maximum absolute atomic E-state index is 12.2. The number of carbonyl (C=O) groups is 1. The zero-order chi connectivity index (χ0) is 9.02. The lowest BCUT2D eigenvalue weighted by molar-refractivity contribution is -0.123. The Labute approximate surface area is 63.3 Å². The summed E-state index contributed by atoms with van der Waals surface area (Å²) in [6.07, 6.45) is -7.03. The smallest absolute Gasteiger partial charge is 0.183 e. The van der Waals surface area contributed by atoms with Crippen molar-refractivity contribution in [2.45, 2.75) is 31.4 Å². The average molecular weight is 166 g/mol. The molecule has 0 rings (SSSR count). The monoisotopic (exact) mass is 166 g/mol. The summed E-state index contributed by atoms with van der Waals surface area (Å²) < 4.78 is 12.2. The summed E-state index contributed by atoms with van der Waals surface area (Å²) in [6.45, 7) is 1.19. The van der Waals surface area contributed by atoms with Gasteiger partial charge in [0.25, 0.3) is 0 Å². The lowest BCUT2D eigenvalue weighted by Gasteiger charge is -2.19. The molecule has 4 nitrogen and oxygen atoms in total. The van der Waals surface area contributed by atoms with Crippen LogP contribution in [0.3, 0.4) is 0 Å². The molecule has 0 fully saturated rings. The SMILES string of the molecule is C[C@@H](O)[C@@H](O)[C@@H](O)C(F)C=O. The van der Waals surface area contributed by atoms with Crippen LogP contribution in [0.1, 0.15) is 6.92 Å². The fourth-order valence-corrected chi connectivity index (χ4v) is 0.554. The summed E-state index contributed by atoms with van der Waals surface area (Å²) >= 11 is 0. The van der Waals surface area contributed by atoms with Gasteiger partial charge in [-0.2, -0.15) is 0 Å². The van der Waals surface area contributed by atoms with E-state index in [9.17, 15) is 9.18 Å². The Morgan fingerprint density at radius 3 is 2.00 bits per heavy atom. The van der Waals surface area contributed by atoms with Crippen LogP contribution in [0.15, 0.2) is 0 Å². The predicted octanol–water partition coefficient (Wildman–Crippen LogP) is -1.37. The van der Waals surface area contributed by atoms with Crippen LogP contribution in [0.4, 0.5) is 4.39 Å². The Hall–Kier alpha value is -0.520. The number of hydrogen-bond donors (Lipinski definition) is 3. The maximum atomic E-state index is 12.2. The number of aldehydes is 1. The first kappa shape index (κ1) is 10.5. The molecule has 0 aromatic carbocycles. The summed E-state index contributed by atoms with van der Waals surface area (Å²) in [7, 11) is 0. The summed E-state index contributed by atoms with van der Waals surface area (Å²) in [4.78, 5) is 9.75. The van der Waals surface area contributed by atoms with Crippen LogP contribution in [-0.4, -0.2) is 46.1 Å². The second-order valence-corrected chi connectivity index (χ2v) is 2.30. The van der Waals surface area contributed by atoms with E-state index in [-0.39, 0.29) is 6.29 Å². The van der Waals surface area contributed by atoms with E-state index >= 15 is 0 Å². The largest absolute Gasteiger partial charge is 0.391 e. The number of halogens is 1. The first-order chi connectivity index (χ1) is 5.00. The molecule has 0 aliphatic rings. The number of hydrogen-bond acceptors (Lipinski definition) is 4. The Morgan fingerprint density at radius 2 is 1.73 bits per heavy atom. The molecule has 0 aromatic heterocycles. The predicted molar refractivity (Wildman–Crippen MR) is 34.7 cm³/mol. The molecular formula is C6H11FO4. The van der Waals surface area contributed by atoms with Crippen molar-refractivity contribution in [2.75, 3.05) is 0 Å². The first-order valence-electron chi connectivity index (χ1n) is 3.14. The van der Waals surface area contributed by atoms with Crippen molar-refractivity contribution < 1.29 is 24.5 Å². The highest BCUT2D eigenvalue weighted by atomic mass is 19.1. The standard InChI is InChI=1S/C6H11FO4/c1-3(9)5(10)6(11)4(7)2-8/h2-6,9-11H,1H3/t3-,4?,5-,6+/m1/s1. The molecule has 0 saturated heterocycles. The molecular weight excluding hydrogens is 155 g/mol. The lowest BCUT2D eigenvalue weighted by atomic mass is 10.1. The van der Waals surface area contributed by atoms with Gasteiger partial charge in [0, 0.05) is 0 Å². The zero-order valence-corrected chi connectivity index (χ0v) is 6.01. The van der Waals surface area contributed by atoms with Crippen molar-refractivity contribution in [3.63, 3.8) is 0 Å². The highest BCUT2D eigenvalue weighted by Gasteiger charge is 2.28. The molecule has 0 spiro atoms. The second-order valence-electron chi connectivity index (χ2n) is 2.30.